The van der Waals surface area contributed by atoms with Gasteiger partial charge in [-0.2, -0.15) is 0 Å². The first-order chi connectivity index (χ1) is 9.09. The molecule has 1 aromatic carbocycles. The predicted molar refractivity (Wildman–Crippen MR) is 85.6 cm³/mol. The zero-order chi connectivity index (χ0) is 14.1. The van der Waals surface area contributed by atoms with E-state index in [1.54, 1.807) is 0 Å². The lowest BCUT2D eigenvalue weighted by atomic mass is 10.3. The van der Waals surface area contributed by atoms with Crippen molar-refractivity contribution in [1.29, 1.82) is 0 Å². The van der Waals surface area contributed by atoms with E-state index in [0.717, 1.165) is 9.26 Å². The van der Waals surface area contributed by atoms with Crippen LogP contribution in [0.15, 0.2) is 24.3 Å². The van der Waals surface area contributed by atoms with Crippen molar-refractivity contribution in [2.24, 2.45) is 0 Å². The molecule has 0 fully saturated rings. The summed E-state index contributed by atoms with van der Waals surface area (Å²) >= 11 is 2.26. The molecule has 4 nitrogen and oxygen atoms in total. The first kappa shape index (κ1) is 16.7. The minimum atomic E-state index is -0.518. The van der Waals surface area contributed by atoms with E-state index in [4.69, 9.17) is 9.47 Å². The van der Waals surface area contributed by atoms with E-state index in [-0.39, 0.29) is 6.10 Å². The molecule has 1 atom stereocenters. The molecule has 0 aliphatic heterocycles. The lowest BCUT2D eigenvalue weighted by molar-refractivity contribution is -0.00734. The SMILES string of the molecule is CC(C)OCCOCC(O)CNc1ccccc1I. The third-order valence-electron chi connectivity index (χ3n) is 2.39. The summed E-state index contributed by atoms with van der Waals surface area (Å²) in [5, 5.41) is 13.0. The van der Waals surface area contributed by atoms with Crippen molar-refractivity contribution in [2.75, 3.05) is 31.7 Å². The number of halogens is 1. The molecule has 0 amide bonds. The Morgan fingerprint density at radius 1 is 1.26 bits per heavy atom. The maximum atomic E-state index is 9.78. The van der Waals surface area contributed by atoms with Crippen LogP contribution in [-0.4, -0.2) is 43.7 Å². The molecule has 0 saturated carbocycles. The number of anilines is 1. The van der Waals surface area contributed by atoms with Gasteiger partial charge in [-0.3, -0.25) is 0 Å². The fraction of sp³-hybridized carbons (Fsp3) is 0.571. The molecule has 0 saturated heterocycles. The van der Waals surface area contributed by atoms with Crippen molar-refractivity contribution < 1.29 is 14.6 Å². The number of benzene rings is 1. The highest BCUT2D eigenvalue weighted by atomic mass is 127. The Bertz CT molecular complexity index is 360. The van der Waals surface area contributed by atoms with Crippen LogP contribution < -0.4 is 5.32 Å². The fourth-order valence-electron chi connectivity index (χ4n) is 1.45. The van der Waals surface area contributed by atoms with Crippen LogP contribution in [0.25, 0.3) is 0 Å². The van der Waals surface area contributed by atoms with Crippen LogP contribution in [0.5, 0.6) is 0 Å². The average molecular weight is 379 g/mol. The number of aliphatic hydroxyl groups excluding tert-OH is 1. The van der Waals surface area contributed by atoms with E-state index in [2.05, 4.69) is 27.9 Å². The zero-order valence-electron chi connectivity index (χ0n) is 11.4. The molecule has 0 aliphatic rings. The van der Waals surface area contributed by atoms with Crippen molar-refractivity contribution in [1.82, 2.24) is 0 Å². The maximum Gasteiger partial charge on any atom is 0.0945 e. The average Bonchev–Trinajstić information content (AvgIpc) is 2.37. The summed E-state index contributed by atoms with van der Waals surface area (Å²) in [7, 11) is 0. The fourth-order valence-corrected chi connectivity index (χ4v) is 2.03. The van der Waals surface area contributed by atoms with Gasteiger partial charge < -0.3 is 19.9 Å². The van der Waals surface area contributed by atoms with E-state index in [0.29, 0.717) is 26.4 Å². The minimum Gasteiger partial charge on any atom is -0.389 e. The maximum absolute atomic E-state index is 9.78. The van der Waals surface area contributed by atoms with Gasteiger partial charge in [0, 0.05) is 15.8 Å². The van der Waals surface area contributed by atoms with Crippen LogP contribution in [0.1, 0.15) is 13.8 Å². The zero-order valence-corrected chi connectivity index (χ0v) is 13.6. The molecule has 0 aliphatic carbocycles. The number of hydrogen-bond acceptors (Lipinski definition) is 4. The molecule has 0 heterocycles. The van der Waals surface area contributed by atoms with Crippen molar-refractivity contribution in [3.63, 3.8) is 0 Å². The molecule has 1 unspecified atom stereocenters. The predicted octanol–water partition coefficient (Wildman–Crippen LogP) is 2.51. The number of nitrogens with one attached hydrogen (secondary N) is 1. The highest BCUT2D eigenvalue weighted by molar-refractivity contribution is 14.1. The second kappa shape index (κ2) is 9.52. The monoisotopic (exact) mass is 379 g/mol. The Kier molecular flexibility index (Phi) is 8.36. The van der Waals surface area contributed by atoms with Gasteiger partial charge in [-0.1, -0.05) is 12.1 Å². The van der Waals surface area contributed by atoms with Crippen molar-refractivity contribution in [3.8, 4) is 0 Å². The smallest absolute Gasteiger partial charge is 0.0945 e. The van der Waals surface area contributed by atoms with Crippen LogP contribution in [0, 0.1) is 3.57 Å². The number of aliphatic hydroxyl groups is 1. The van der Waals surface area contributed by atoms with Crippen molar-refractivity contribution in [2.45, 2.75) is 26.1 Å². The molecule has 0 bridgehead atoms. The normalized spacial score (nSPS) is 12.7. The molecule has 0 spiro atoms. The minimum absolute atomic E-state index is 0.218. The lowest BCUT2D eigenvalue weighted by Gasteiger charge is -2.14. The van der Waals surface area contributed by atoms with E-state index in [1.165, 1.54) is 0 Å². The van der Waals surface area contributed by atoms with Gasteiger partial charge in [-0.05, 0) is 48.6 Å². The van der Waals surface area contributed by atoms with Gasteiger partial charge in [0.2, 0.25) is 0 Å². The summed E-state index contributed by atoms with van der Waals surface area (Å²) in [5.74, 6) is 0. The van der Waals surface area contributed by atoms with E-state index in [9.17, 15) is 5.11 Å². The van der Waals surface area contributed by atoms with E-state index in [1.807, 2.05) is 38.1 Å². The molecule has 0 radical (unpaired) electrons. The standard InChI is InChI=1S/C14H22INO3/c1-11(2)19-8-7-18-10-12(17)9-16-14-6-4-3-5-13(14)15/h3-6,11-12,16-17H,7-10H2,1-2H3. The molecule has 2 N–H and O–H groups in total. The Hall–Kier alpha value is -0.370. The summed E-state index contributed by atoms with van der Waals surface area (Å²) < 4.78 is 11.8. The summed E-state index contributed by atoms with van der Waals surface area (Å²) in [6.07, 6.45) is -0.301. The highest BCUT2D eigenvalue weighted by Crippen LogP contribution is 2.16. The molecule has 1 rings (SSSR count). The molecule has 0 aromatic heterocycles. The molecule has 108 valence electrons. The van der Waals surface area contributed by atoms with Crippen LogP contribution in [0.2, 0.25) is 0 Å². The molecule has 5 heteroatoms. The lowest BCUT2D eigenvalue weighted by Crippen LogP contribution is -2.26. The Morgan fingerprint density at radius 2 is 2.00 bits per heavy atom. The Balaban J connectivity index is 2.11. The quantitative estimate of drug-likeness (QED) is 0.512. The van der Waals surface area contributed by atoms with Crippen molar-refractivity contribution in [3.05, 3.63) is 27.8 Å². The van der Waals surface area contributed by atoms with Gasteiger partial charge in [0.25, 0.3) is 0 Å². The third-order valence-corrected chi connectivity index (χ3v) is 3.33. The van der Waals surface area contributed by atoms with Crippen molar-refractivity contribution >= 4 is 28.3 Å². The van der Waals surface area contributed by atoms with Gasteiger partial charge in [0.1, 0.15) is 0 Å². The van der Waals surface area contributed by atoms with Crippen LogP contribution in [0.4, 0.5) is 5.69 Å². The van der Waals surface area contributed by atoms with Gasteiger partial charge in [-0.15, -0.1) is 0 Å². The summed E-state index contributed by atoms with van der Waals surface area (Å²) in [5.41, 5.74) is 1.03. The molecule has 1 aromatic rings. The van der Waals surface area contributed by atoms with Gasteiger partial charge in [0.15, 0.2) is 0 Å². The van der Waals surface area contributed by atoms with E-state index >= 15 is 0 Å². The Morgan fingerprint density at radius 3 is 2.68 bits per heavy atom. The first-order valence-corrected chi connectivity index (χ1v) is 7.53. The largest absolute Gasteiger partial charge is 0.389 e. The molecule has 19 heavy (non-hydrogen) atoms. The number of ether oxygens (including phenoxy) is 2. The Labute approximate surface area is 128 Å². The van der Waals surface area contributed by atoms with Gasteiger partial charge >= 0.3 is 0 Å². The van der Waals surface area contributed by atoms with Crippen LogP contribution in [0.3, 0.4) is 0 Å². The molecular formula is C14H22INO3. The first-order valence-electron chi connectivity index (χ1n) is 6.45. The van der Waals surface area contributed by atoms with Crippen LogP contribution in [-0.2, 0) is 9.47 Å². The van der Waals surface area contributed by atoms with Gasteiger partial charge in [-0.25, -0.2) is 0 Å². The number of hydrogen-bond donors (Lipinski definition) is 2. The summed E-state index contributed by atoms with van der Waals surface area (Å²) in [6.45, 7) is 5.84. The molecular weight excluding hydrogens is 357 g/mol. The van der Waals surface area contributed by atoms with Gasteiger partial charge in [0.05, 0.1) is 32.0 Å². The number of rotatable bonds is 9. The number of para-hydroxylation sites is 1. The topological polar surface area (TPSA) is 50.7 Å². The van der Waals surface area contributed by atoms with Crippen LogP contribution >= 0.6 is 22.6 Å². The van der Waals surface area contributed by atoms with E-state index < -0.39 is 6.10 Å². The second-order valence-corrected chi connectivity index (χ2v) is 5.67. The summed E-state index contributed by atoms with van der Waals surface area (Å²) in [4.78, 5) is 0. The second-order valence-electron chi connectivity index (χ2n) is 4.51. The summed E-state index contributed by atoms with van der Waals surface area (Å²) in [6, 6.07) is 7.97. The third kappa shape index (κ3) is 7.71. The highest BCUT2D eigenvalue weighted by Gasteiger charge is 2.05.